The van der Waals surface area contributed by atoms with Gasteiger partial charge >= 0.3 is 0 Å². The average Bonchev–Trinajstić information content (AvgIpc) is 3.07. The summed E-state index contributed by atoms with van der Waals surface area (Å²) in [5.41, 5.74) is 0. The van der Waals surface area contributed by atoms with Crippen molar-refractivity contribution in [1.82, 2.24) is 0 Å². The minimum Gasteiger partial charge on any atom is -0.396 e. The minimum absolute atomic E-state index is 0.138. The van der Waals surface area contributed by atoms with Crippen LogP contribution in [0.3, 0.4) is 0 Å². The predicted octanol–water partition coefficient (Wildman–Crippen LogP) is 1.16. The van der Waals surface area contributed by atoms with Crippen LogP contribution in [0.2, 0.25) is 0 Å². The third-order valence-corrected chi connectivity index (χ3v) is 4.50. The first-order chi connectivity index (χ1) is 10.2. The van der Waals surface area contributed by atoms with Gasteiger partial charge in [-0.3, -0.25) is 0 Å². The van der Waals surface area contributed by atoms with Gasteiger partial charge in [0.25, 0.3) is 0 Å². The average molecular weight is 304 g/mol. The van der Waals surface area contributed by atoms with Crippen LogP contribution in [-0.4, -0.2) is 63.9 Å². The van der Waals surface area contributed by atoms with Gasteiger partial charge in [-0.2, -0.15) is 0 Å². The van der Waals surface area contributed by atoms with E-state index in [-0.39, 0.29) is 25.4 Å². The molecule has 6 nitrogen and oxygen atoms in total. The van der Waals surface area contributed by atoms with Crippen molar-refractivity contribution in [2.24, 2.45) is 11.8 Å². The van der Waals surface area contributed by atoms with Gasteiger partial charge in [0.2, 0.25) is 0 Å². The molecule has 0 aromatic heterocycles. The highest BCUT2D eigenvalue weighted by Gasteiger charge is 2.48. The molecular weight excluding hydrogens is 276 g/mol. The van der Waals surface area contributed by atoms with Gasteiger partial charge in [0.15, 0.2) is 5.79 Å². The van der Waals surface area contributed by atoms with E-state index in [0.29, 0.717) is 32.3 Å². The minimum atomic E-state index is -0.533. The molecule has 21 heavy (non-hydrogen) atoms. The molecule has 0 aromatic carbocycles. The second-order valence-electron chi connectivity index (χ2n) is 5.87. The molecule has 0 bridgehead atoms. The number of aliphatic hydroxyl groups excluding tert-OH is 1. The maximum atomic E-state index is 9.27. The van der Waals surface area contributed by atoms with Crippen LogP contribution in [0.1, 0.15) is 26.2 Å². The van der Waals surface area contributed by atoms with Crippen LogP contribution in [0.5, 0.6) is 0 Å². The van der Waals surface area contributed by atoms with Gasteiger partial charge in [0.05, 0.1) is 32.5 Å². The van der Waals surface area contributed by atoms with E-state index in [4.69, 9.17) is 23.7 Å². The van der Waals surface area contributed by atoms with Crippen molar-refractivity contribution in [1.29, 1.82) is 0 Å². The van der Waals surface area contributed by atoms with Crippen LogP contribution in [0.4, 0.5) is 0 Å². The fraction of sp³-hybridized carbons (Fsp3) is 1.00. The van der Waals surface area contributed by atoms with Crippen LogP contribution < -0.4 is 0 Å². The van der Waals surface area contributed by atoms with Crippen LogP contribution in [0, 0.1) is 11.8 Å². The first-order valence-corrected chi connectivity index (χ1v) is 7.76. The second kappa shape index (κ2) is 8.41. The lowest BCUT2D eigenvalue weighted by atomic mass is 9.87. The molecule has 0 unspecified atom stereocenters. The van der Waals surface area contributed by atoms with E-state index >= 15 is 0 Å². The zero-order chi connectivity index (χ0) is 15.1. The largest absolute Gasteiger partial charge is 0.396 e. The first-order valence-electron chi connectivity index (χ1n) is 7.76. The molecule has 0 spiro atoms. The van der Waals surface area contributed by atoms with Crippen molar-refractivity contribution in [3.63, 3.8) is 0 Å². The topological polar surface area (TPSA) is 66.4 Å². The molecule has 124 valence electrons. The number of rotatable bonds is 9. The summed E-state index contributed by atoms with van der Waals surface area (Å²) in [4.78, 5) is 0. The van der Waals surface area contributed by atoms with Gasteiger partial charge in [0, 0.05) is 19.6 Å². The van der Waals surface area contributed by atoms with Crippen molar-refractivity contribution in [3.8, 4) is 0 Å². The number of aliphatic hydroxyl groups is 1. The van der Waals surface area contributed by atoms with Crippen LogP contribution in [0.25, 0.3) is 0 Å². The molecule has 0 amide bonds. The summed E-state index contributed by atoms with van der Waals surface area (Å²) in [6.45, 7) is 4.88. The van der Waals surface area contributed by atoms with E-state index in [1.807, 2.05) is 6.92 Å². The predicted molar refractivity (Wildman–Crippen MR) is 75.8 cm³/mol. The summed E-state index contributed by atoms with van der Waals surface area (Å²) < 4.78 is 27.7. The molecule has 3 atom stereocenters. The van der Waals surface area contributed by atoms with Crippen molar-refractivity contribution < 1.29 is 28.8 Å². The Morgan fingerprint density at radius 3 is 2.62 bits per heavy atom. The molecule has 0 radical (unpaired) electrons. The molecular formula is C15H28O6. The number of hydrogen-bond donors (Lipinski definition) is 1. The van der Waals surface area contributed by atoms with Crippen molar-refractivity contribution in [2.45, 2.75) is 38.1 Å². The third-order valence-electron chi connectivity index (χ3n) is 4.50. The number of ether oxygens (including phenoxy) is 5. The summed E-state index contributed by atoms with van der Waals surface area (Å²) in [5, 5.41) is 9.27. The number of hydrogen-bond acceptors (Lipinski definition) is 6. The van der Waals surface area contributed by atoms with E-state index < -0.39 is 5.79 Å². The molecule has 1 aliphatic heterocycles. The Bertz CT molecular complexity index is 292. The molecule has 1 saturated carbocycles. The molecule has 1 saturated heterocycles. The summed E-state index contributed by atoms with van der Waals surface area (Å²) in [5.74, 6) is 0.0905. The molecule has 2 rings (SSSR count). The molecule has 0 aromatic rings. The Morgan fingerprint density at radius 1 is 1.19 bits per heavy atom. The molecule has 1 aliphatic carbocycles. The van der Waals surface area contributed by atoms with Crippen molar-refractivity contribution in [3.05, 3.63) is 0 Å². The van der Waals surface area contributed by atoms with E-state index in [0.717, 1.165) is 19.3 Å². The Labute approximate surface area is 126 Å². The van der Waals surface area contributed by atoms with Gasteiger partial charge in [-0.05, 0) is 32.1 Å². The van der Waals surface area contributed by atoms with Crippen LogP contribution in [0.15, 0.2) is 0 Å². The standard InChI is InChI=1S/C15H28O6/c1-15(20-7-8-21-15)14-10-13(9-12(14)3-4-16)19-11-18-6-5-17-2/h12-14,16H,3-11H2,1-2H3/t12-,13+,14-/m1/s1. The summed E-state index contributed by atoms with van der Waals surface area (Å²) in [6.07, 6.45) is 2.70. The van der Waals surface area contributed by atoms with Gasteiger partial charge < -0.3 is 28.8 Å². The SMILES string of the molecule is COCCOCO[C@H]1C[C@@H](CCO)[C@H](C2(C)OCCO2)C1. The Morgan fingerprint density at radius 2 is 1.95 bits per heavy atom. The van der Waals surface area contributed by atoms with Crippen LogP contribution >= 0.6 is 0 Å². The Balaban J connectivity index is 1.80. The smallest absolute Gasteiger partial charge is 0.168 e. The highest BCUT2D eigenvalue weighted by molar-refractivity contribution is 4.92. The van der Waals surface area contributed by atoms with Gasteiger partial charge in [0.1, 0.15) is 6.79 Å². The van der Waals surface area contributed by atoms with E-state index in [1.165, 1.54) is 0 Å². The zero-order valence-corrected chi connectivity index (χ0v) is 13.1. The normalized spacial score (nSPS) is 31.9. The van der Waals surface area contributed by atoms with Crippen molar-refractivity contribution in [2.75, 3.05) is 46.9 Å². The maximum absolute atomic E-state index is 9.27. The second-order valence-corrected chi connectivity index (χ2v) is 5.87. The fourth-order valence-corrected chi connectivity index (χ4v) is 3.43. The number of methoxy groups -OCH3 is 1. The van der Waals surface area contributed by atoms with E-state index in [1.54, 1.807) is 7.11 Å². The molecule has 6 heteroatoms. The summed E-state index contributed by atoms with van der Waals surface area (Å²) in [6, 6.07) is 0. The van der Waals surface area contributed by atoms with Crippen LogP contribution in [-0.2, 0) is 23.7 Å². The first kappa shape index (κ1) is 17.1. The molecule has 1 heterocycles. The Kier molecular flexibility index (Phi) is 6.85. The van der Waals surface area contributed by atoms with E-state index in [2.05, 4.69) is 0 Å². The third kappa shape index (κ3) is 4.61. The zero-order valence-electron chi connectivity index (χ0n) is 13.1. The van der Waals surface area contributed by atoms with Gasteiger partial charge in [-0.25, -0.2) is 0 Å². The van der Waals surface area contributed by atoms with Gasteiger partial charge in [-0.15, -0.1) is 0 Å². The molecule has 1 N–H and O–H groups in total. The summed E-state index contributed by atoms with van der Waals surface area (Å²) in [7, 11) is 1.65. The summed E-state index contributed by atoms with van der Waals surface area (Å²) >= 11 is 0. The maximum Gasteiger partial charge on any atom is 0.168 e. The van der Waals surface area contributed by atoms with Crippen molar-refractivity contribution >= 4 is 0 Å². The lowest BCUT2D eigenvalue weighted by molar-refractivity contribution is -0.192. The molecule has 2 aliphatic rings. The molecule has 2 fully saturated rings. The van der Waals surface area contributed by atoms with Gasteiger partial charge in [-0.1, -0.05) is 0 Å². The monoisotopic (exact) mass is 304 g/mol. The van der Waals surface area contributed by atoms with E-state index in [9.17, 15) is 5.11 Å². The highest BCUT2D eigenvalue weighted by atomic mass is 16.7. The fourth-order valence-electron chi connectivity index (χ4n) is 3.43. The lowest BCUT2D eigenvalue weighted by Crippen LogP contribution is -2.38. The quantitative estimate of drug-likeness (QED) is 0.509. The highest BCUT2D eigenvalue weighted by Crippen LogP contribution is 2.45. The Hall–Kier alpha value is -0.240. The lowest BCUT2D eigenvalue weighted by Gasteiger charge is -2.33.